The molecule has 20 heteroatoms. The average molecular weight is 1340 g/mol. The third-order valence-corrected chi connectivity index (χ3v) is 14.9. The van der Waals surface area contributed by atoms with E-state index in [4.69, 9.17) is 52.0 Å². The fourth-order valence-corrected chi connectivity index (χ4v) is 8.31. The highest BCUT2D eigenvalue weighted by atomic mass is 35.5. The van der Waals surface area contributed by atoms with E-state index < -0.39 is 10.0 Å². The number of carbonyl (C=O) groups excluding carboxylic acids is 6. The molecule has 0 aromatic heterocycles. The molecule has 89 heavy (non-hydrogen) atoms. The highest BCUT2D eigenvalue weighted by molar-refractivity contribution is 7.89. The summed E-state index contributed by atoms with van der Waals surface area (Å²) in [4.78, 5) is 66.7. The van der Waals surface area contributed by atoms with Gasteiger partial charge in [-0.1, -0.05) is 181 Å². The number of sulfonamides is 1. The van der Waals surface area contributed by atoms with Crippen LogP contribution in [0.2, 0.25) is 0 Å². The number of halogens is 2. The maximum Gasteiger partial charge on any atom is 0.330 e. The van der Waals surface area contributed by atoms with Crippen molar-refractivity contribution >= 4 is 68.9 Å². The van der Waals surface area contributed by atoms with Crippen molar-refractivity contribution in [2.75, 3.05) is 97.6 Å². The summed E-state index contributed by atoms with van der Waals surface area (Å²) in [6.45, 7) is 41.2. The standard InChI is InChI=1S/C11H19ClO4.C11H25N.C9H21N.C9H16O3.C8H17ClO.C8H14O2.C7H17NO2S.C6H12O2/c1-2-5-10(13)15-8-3-4-9-16-11(14)6-7-12;1-4-7-9-11-12(6-3)10-8-5-2;1-3-5-7-9-10-8-6-4-2;1-3-5-9(11)12-7-6-8(10)4-2;1-2-3-4-5-6-8(9)7-10;1-3-5-6-7-10-8(9)4-2;1-4-6-8(3)11(9,10)7-5-2;1-3-5-8-6(7)4-2/h2-9H2,1H3;4-11H2,1-3H3;10H,3-9H2,1-2H3;3-7H2,1-2H3;8,10H,2-7H2,1H3;4H,2-3,5-7H2,1H3;4-7H2,1-3H3;3-5H2,1-2H3. The van der Waals surface area contributed by atoms with Gasteiger partial charge in [-0.3, -0.25) is 24.0 Å². The molecule has 2 N–H and O–H groups in total. The van der Waals surface area contributed by atoms with Crippen LogP contribution in [0.3, 0.4) is 0 Å². The minimum Gasteiger partial charge on any atom is -0.466 e. The molecule has 0 aromatic rings. The average Bonchev–Trinajstić information content (AvgIpc) is 3.65. The molecule has 0 aliphatic heterocycles. The normalized spacial score (nSPS) is 10.5. The second kappa shape index (κ2) is 89.3. The van der Waals surface area contributed by atoms with Crippen molar-refractivity contribution in [2.45, 2.75) is 301 Å². The van der Waals surface area contributed by atoms with Gasteiger partial charge in [-0.05, 0) is 116 Å². The van der Waals surface area contributed by atoms with E-state index >= 15 is 0 Å². The summed E-state index contributed by atoms with van der Waals surface area (Å²) in [5, 5.41) is 12.0. The summed E-state index contributed by atoms with van der Waals surface area (Å²) in [6.07, 6.45) is 31.8. The van der Waals surface area contributed by atoms with Crippen molar-refractivity contribution in [3.05, 3.63) is 12.7 Å². The molecule has 536 valence electrons. The molecule has 0 amide bonds. The topological polar surface area (TPSA) is 221 Å². The van der Waals surface area contributed by atoms with Gasteiger partial charge in [0.1, 0.15) is 5.78 Å². The van der Waals surface area contributed by atoms with Crippen molar-refractivity contribution < 1.29 is 66.0 Å². The zero-order valence-electron chi connectivity index (χ0n) is 60.0. The molecule has 17 nitrogen and oxygen atoms in total. The molecule has 0 fully saturated rings. The highest BCUT2D eigenvalue weighted by Gasteiger charge is 2.14. The van der Waals surface area contributed by atoms with Gasteiger partial charge in [-0.2, -0.15) is 0 Å². The molecule has 0 spiro atoms. The number of aliphatic hydroxyl groups excluding tert-OH is 1. The number of ketones is 1. The number of carbonyl (C=O) groups is 6. The summed E-state index contributed by atoms with van der Waals surface area (Å²) >= 11 is 11.1. The van der Waals surface area contributed by atoms with Crippen molar-refractivity contribution in [1.82, 2.24) is 14.5 Å². The number of esters is 5. The number of unbranched alkanes of at least 4 members (excludes halogenated alkanes) is 12. The summed E-state index contributed by atoms with van der Waals surface area (Å²) in [5.41, 5.74) is 0. The van der Waals surface area contributed by atoms with Gasteiger partial charge in [0, 0.05) is 57.7 Å². The molecule has 0 bridgehead atoms. The minimum atomic E-state index is -2.94. The first kappa shape index (κ1) is 102. The van der Waals surface area contributed by atoms with Crippen LogP contribution in [-0.4, -0.2) is 161 Å². The largest absolute Gasteiger partial charge is 0.466 e. The van der Waals surface area contributed by atoms with Gasteiger partial charge in [0.2, 0.25) is 10.0 Å². The van der Waals surface area contributed by atoms with Gasteiger partial charge in [0.05, 0.1) is 57.2 Å². The lowest BCUT2D eigenvalue weighted by atomic mass is 10.1. The van der Waals surface area contributed by atoms with Crippen LogP contribution in [0.25, 0.3) is 0 Å². The van der Waals surface area contributed by atoms with Crippen LogP contribution >= 0.6 is 23.2 Å². The number of nitrogens with one attached hydrogen (secondary N) is 1. The summed E-state index contributed by atoms with van der Waals surface area (Å²) in [6, 6.07) is 0. The van der Waals surface area contributed by atoms with Crippen LogP contribution < -0.4 is 5.32 Å². The molecular weight excluding hydrogens is 1200 g/mol. The van der Waals surface area contributed by atoms with Gasteiger partial charge in [0.25, 0.3) is 0 Å². The van der Waals surface area contributed by atoms with Crippen LogP contribution in [0, 0.1) is 0 Å². The molecular formula is C69H141Cl2N3O14S. The Bertz CT molecular complexity index is 1570. The Kier molecular flexibility index (Phi) is 103. The fraction of sp³-hybridized carbons (Fsp3) is 0.884. The molecule has 0 rings (SSSR count). The van der Waals surface area contributed by atoms with E-state index in [0.29, 0.717) is 84.3 Å². The lowest BCUT2D eigenvalue weighted by molar-refractivity contribution is -0.146. The van der Waals surface area contributed by atoms with E-state index in [1.54, 1.807) is 20.9 Å². The molecule has 0 saturated heterocycles. The molecule has 0 radical (unpaired) electrons. The molecule has 0 aliphatic rings. The summed E-state index contributed by atoms with van der Waals surface area (Å²) in [5.74, 6) is -0.389. The van der Waals surface area contributed by atoms with Crippen molar-refractivity contribution in [1.29, 1.82) is 0 Å². The third kappa shape index (κ3) is 102. The highest BCUT2D eigenvalue weighted by Crippen LogP contribution is 2.09. The van der Waals surface area contributed by atoms with Crippen LogP contribution in [-0.2, 0) is 62.5 Å². The Morgan fingerprint density at radius 1 is 0.483 bits per heavy atom. The minimum absolute atomic E-state index is 0.0168. The Balaban J connectivity index is -0.000000141. The molecule has 0 aliphatic carbocycles. The van der Waals surface area contributed by atoms with Gasteiger partial charge in [-0.15, -0.1) is 23.2 Å². The van der Waals surface area contributed by atoms with Crippen LogP contribution in [0.4, 0.5) is 0 Å². The predicted octanol–water partition coefficient (Wildman–Crippen LogP) is 16.7. The van der Waals surface area contributed by atoms with Crippen LogP contribution in [0.5, 0.6) is 0 Å². The second-order valence-electron chi connectivity index (χ2n) is 21.2. The first-order valence-corrected chi connectivity index (χ1v) is 37.3. The molecule has 0 aromatic carbocycles. The predicted molar refractivity (Wildman–Crippen MR) is 376 cm³/mol. The Morgan fingerprint density at radius 3 is 1.39 bits per heavy atom. The fourth-order valence-electron chi connectivity index (χ4n) is 6.71. The Labute approximate surface area is 558 Å². The van der Waals surface area contributed by atoms with E-state index in [2.05, 4.69) is 65.3 Å². The first-order valence-electron chi connectivity index (χ1n) is 34.7. The van der Waals surface area contributed by atoms with E-state index in [1.165, 1.54) is 127 Å². The molecule has 1 unspecified atom stereocenters. The number of alkyl halides is 2. The molecule has 0 heterocycles. The maximum atomic E-state index is 11.2. The van der Waals surface area contributed by atoms with Gasteiger partial charge in [-0.25, -0.2) is 17.5 Å². The first-order chi connectivity index (χ1) is 42.6. The Hall–Kier alpha value is -2.87. The van der Waals surface area contributed by atoms with Gasteiger partial charge < -0.3 is 39.0 Å². The van der Waals surface area contributed by atoms with E-state index in [-0.39, 0.29) is 72.3 Å². The molecule has 1 atom stereocenters. The van der Waals surface area contributed by atoms with Gasteiger partial charge in [0.15, 0.2) is 0 Å². The number of hydrogen-bond acceptors (Lipinski definition) is 16. The number of ether oxygens (including phenoxy) is 5. The van der Waals surface area contributed by atoms with E-state index in [1.807, 2.05) is 34.6 Å². The number of nitrogens with zero attached hydrogens (tertiary/aromatic N) is 2. The van der Waals surface area contributed by atoms with Crippen LogP contribution in [0.15, 0.2) is 12.7 Å². The SMILES string of the molecule is C=CC(=O)OCCCCC.CCCC(=O)OCCC(=O)CC.CCCC(=O)OCCCCOC(=O)CCCl.CCCCCCC(Cl)CO.CCCCCN(CC)CCCC.CCCCCNCCCC.CCCN(C)S(=O)(=O)CCC.CCCOC(=O)CC. The zero-order valence-corrected chi connectivity index (χ0v) is 62.3. The quantitative estimate of drug-likeness (QED) is 0.0190. The van der Waals surface area contributed by atoms with E-state index in [0.717, 1.165) is 57.8 Å². The summed E-state index contributed by atoms with van der Waals surface area (Å²) in [7, 11) is -1.31. The number of Topliss-reactive ketones (excluding diaryl/α,β-unsaturated/α-hetero) is 1. The monoisotopic (exact) mass is 1340 g/mol. The Morgan fingerprint density at radius 2 is 0.944 bits per heavy atom. The van der Waals surface area contributed by atoms with Crippen molar-refractivity contribution in [2.24, 2.45) is 0 Å². The number of rotatable bonds is 49. The molecule has 0 saturated carbocycles. The lowest BCUT2D eigenvalue weighted by Gasteiger charge is -2.19. The second-order valence-corrected chi connectivity index (χ2v) is 24.4. The maximum absolute atomic E-state index is 11.2. The smallest absolute Gasteiger partial charge is 0.330 e. The van der Waals surface area contributed by atoms with Gasteiger partial charge >= 0.3 is 29.8 Å². The number of aliphatic hydroxyl groups is 1. The summed E-state index contributed by atoms with van der Waals surface area (Å²) < 4.78 is 48.0. The lowest BCUT2D eigenvalue weighted by Crippen LogP contribution is -2.29. The zero-order chi connectivity index (χ0) is 69.5. The van der Waals surface area contributed by atoms with Crippen LogP contribution in [0.1, 0.15) is 296 Å². The third-order valence-electron chi connectivity index (χ3n) is 12.3. The van der Waals surface area contributed by atoms with Crippen molar-refractivity contribution in [3.63, 3.8) is 0 Å². The number of hydrogen-bond donors (Lipinski definition) is 2. The van der Waals surface area contributed by atoms with E-state index in [9.17, 15) is 37.2 Å². The van der Waals surface area contributed by atoms with Crippen molar-refractivity contribution in [3.8, 4) is 0 Å².